The van der Waals surface area contributed by atoms with Gasteiger partial charge in [-0.05, 0) is 34.1 Å². The molecule has 8 heteroatoms. The van der Waals surface area contributed by atoms with Gasteiger partial charge in [-0.15, -0.1) is 0 Å². The van der Waals surface area contributed by atoms with Crippen molar-refractivity contribution in [2.45, 2.75) is 4.90 Å². The van der Waals surface area contributed by atoms with Gasteiger partial charge < -0.3 is 10.5 Å². The standard InChI is InChI=1S/C12H18BrN3O3S/c13-11-2-1-10(9-12(11)14)20(17,18)15-3-4-16-5-7-19-8-6-16/h1-2,9,15H,3-8,14H2. The lowest BCUT2D eigenvalue weighted by Gasteiger charge is -2.26. The zero-order valence-corrected chi connectivity index (χ0v) is 13.4. The Hall–Kier alpha value is -0.670. The van der Waals surface area contributed by atoms with E-state index in [9.17, 15) is 8.42 Å². The lowest BCUT2D eigenvalue weighted by atomic mass is 10.3. The van der Waals surface area contributed by atoms with Crippen molar-refractivity contribution in [3.05, 3.63) is 22.7 Å². The van der Waals surface area contributed by atoms with E-state index >= 15 is 0 Å². The molecule has 3 N–H and O–H groups in total. The van der Waals surface area contributed by atoms with E-state index in [1.165, 1.54) is 12.1 Å². The highest BCUT2D eigenvalue weighted by Crippen LogP contribution is 2.22. The maximum atomic E-state index is 12.1. The summed E-state index contributed by atoms with van der Waals surface area (Å²) in [6, 6.07) is 4.60. The van der Waals surface area contributed by atoms with Crippen molar-refractivity contribution < 1.29 is 13.2 Å². The van der Waals surface area contributed by atoms with Crippen molar-refractivity contribution in [2.24, 2.45) is 0 Å². The Kier molecular flexibility index (Phi) is 5.39. The normalized spacial score (nSPS) is 17.2. The number of hydrogen-bond acceptors (Lipinski definition) is 5. The molecule has 1 aromatic rings. The molecule has 1 heterocycles. The largest absolute Gasteiger partial charge is 0.398 e. The van der Waals surface area contributed by atoms with Gasteiger partial charge in [-0.25, -0.2) is 13.1 Å². The molecule has 2 rings (SSSR count). The van der Waals surface area contributed by atoms with E-state index < -0.39 is 10.0 Å². The van der Waals surface area contributed by atoms with Gasteiger partial charge in [0.15, 0.2) is 0 Å². The summed E-state index contributed by atoms with van der Waals surface area (Å²) in [6.45, 7) is 4.14. The number of nitrogen functional groups attached to an aromatic ring is 1. The zero-order chi connectivity index (χ0) is 14.6. The predicted octanol–water partition coefficient (Wildman–Crippen LogP) is 0.642. The highest BCUT2D eigenvalue weighted by molar-refractivity contribution is 9.10. The number of ether oxygens (including phenoxy) is 1. The van der Waals surface area contributed by atoms with Crippen LogP contribution >= 0.6 is 15.9 Å². The summed E-state index contributed by atoms with van der Waals surface area (Å²) in [5.41, 5.74) is 6.11. The molecule has 20 heavy (non-hydrogen) atoms. The molecule has 6 nitrogen and oxygen atoms in total. The molecule has 0 radical (unpaired) electrons. The number of nitrogens with two attached hydrogens (primary N) is 1. The summed E-state index contributed by atoms with van der Waals surface area (Å²) in [7, 11) is -3.51. The van der Waals surface area contributed by atoms with Crippen molar-refractivity contribution in [1.82, 2.24) is 9.62 Å². The van der Waals surface area contributed by atoms with Crippen LogP contribution < -0.4 is 10.5 Å². The highest BCUT2D eigenvalue weighted by atomic mass is 79.9. The number of hydrogen-bond donors (Lipinski definition) is 2. The topological polar surface area (TPSA) is 84.7 Å². The van der Waals surface area contributed by atoms with Crippen molar-refractivity contribution >= 4 is 31.6 Å². The number of sulfonamides is 1. The van der Waals surface area contributed by atoms with Crippen LogP contribution in [0.1, 0.15) is 0 Å². The fourth-order valence-corrected chi connectivity index (χ4v) is 3.24. The van der Waals surface area contributed by atoms with Crippen molar-refractivity contribution in [3.63, 3.8) is 0 Å². The zero-order valence-electron chi connectivity index (χ0n) is 11.0. The van der Waals surface area contributed by atoms with E-state index in [1.807, 2.05) is 0 Å². The van der Waals surface area contributed by atoms with Gasteiger partial charge in [0.25, 0.3) is 0 Å². The van der Waals surface area contributed by atoms with E-state index in [4.69, 9.17) is 10.5 Å². The molecule has 0 unspecified atom stereocenters. The van der Waals surface area contributed by atoms with E-state index in [0.29, 0.717) is 36.5 Å². The highest BCUT2D eigenvalue weighted by Gasteiger charge is 2.16. The van der Waals surface area contributed by atoms with Crippen molar-refractivity contribution in [3.8, 4) is 0 Å². The maximum Gasteiger partial charge on any atom is 0.240 e. The molecule has 0 saturated carbocycles. The van der Waals surface area contributed by atoms with Crippen LogP contribution in [-0.4, -0.2) is 52.7 Å². The van der Waals surface area contributed by atoms with Gasteiger partial charge in [0, 0.05) is 36.3 Å². The number of halogens is 1. The van der Waals surface area contributed by atoms with Gasteiger partial charge in [0.2, 0.25) is 10.0 Å². The van der Waals surface area contributed by atoms with Crippen molar-refractivity contribution in [2.75, 3.05) is 45.1 Å². The van der Waals surface area contributed by atoms with Crippen LogP contribution in [-0.2, 0) is 14.8 Å². The fourth-order valence-electron chi connectivity index (χ4n) is 1.94. The molecule has 0 spiro atoms. The lowest BCUT2D eigenvalue weighted by Crippen LogP contribution is -2.41. The summed E-state index contributed by atoms with van der Waals surface area (Å²) in [5, 5.41) is 0. The number of benzene rings is 1. The van der Waals surface area contributed by atoms with Gasteiger partial charge in [-0.2, -0.15) is 0 Å². The molecular weight excluding hydrogens is 346 g/mol. The smallest absolute Gasteiger partial charge is 0.240 e. The first kappa shape index (κ1) is 15.7. The Bertz CT molecular complexity index is 559. The van der Waals surface area contributed by atoms with Gasteiger partial charge in [0.1, 0.15) is 0 Å². The second-order valence-electron chi connectivity index (χ2n) is 4.54. The number of nitrogens with one attached hydrogen (secondary N) is 1. The molecule has 0 aliphatic carbocycles. The first-order valence-electron chi connectivity index (χ1n) is 6.34. The van der Waals surface area contributed by atoms with Gasteiger partial charge in [-0.3, -0.25) is 4.90 Å². The van der Waals surface area contributed by atoms with Gasteiger partial charge in [0.05, 0.1) is 18.1 Å². The summed E-state index contributed by atoms with van der Waals surface area (Å²) in [5.74, 6) is 0. The fraction of sp³-hybridized carbons (Fsp3) is 0.500. The van der Waals surface area contributed by atoms with E-state index in [1.54, 1.807) is 6.07 Å². The molecule has 1 aromatic carbocycles. The minimum Gasteiger partial charge on any atom is -0.398 e. The Morgan fingerprint density at radius 1 is 1.35 bits per heavy atom. The SMILES string of the molecule is Nc1cc(S(=O)(=O)NCCN2CCOCC2)ccc1Br. The summed E-state index contributed by atoms with van der Waals surface area (Å²) >= 11 is 3.24. The van der Waals surface area contributed by atoms with E-state index in [2.05, 4.69) is 25.6 Å². The summed E-state index contributed by atoms with van der Waals surface area (Å²) in [4.78, 5) is 2.35. The molecular formula is C12H18BrN3O3S. The van der Waals surface area contributed by atoms with Crippen LogP contribution in [0.15, 0.2) is 27.6 Å². The lowest BCUT2D eigenvalue weighted by molar-refractivity contribution is 0.0390. The Morgan fingerprint density at radius 2 is 2.05 bits per heavy atom. The van der Waals surface area contributed by atoms with E-state index in [-0.39, 0.29) is 4.90 Å². The Labute approximate surface area is 127 Å². The second-order valence-corrected chi connectivity index (χ2v) is 7.16. The Morgan fingerprint density at radius 3 is 2.70 bits per heavy atom. The maximum absolute atomic E-state index is 12.1. The first-order chi connectivity index (χ1) is 9.49. The van der Waals surface area contributed by atoms with Crippen LogP contribution in [0.5, 0.6) is 0 Å². The minimum absolute atomic E-state index is 0.181. The molecule has 1 saturated heterocycles. The average molecular weight is 364 g/mol. The van der Waals surface area contributed by atoms with Crippen molar-refractivity contribution in [1.29, 1.82) is 0 Å². The van der Waals surface area contributed by atoms with Crippen LogP contribution in [0.3, 0.4) is 0 Å². The number of anilines is 1. The van der Waals surface area contributed by atoms with Crippen LogP contribution in [0.2, 0.25) is 0 Å². The molecule has 1 fully saturated rings. The molecule has 1 aliphatic heterocycles. The first-order valence-corrected chi connectivity index (χ1v) is 8.61. The monoisotopic (exact) mass is 363 g/mol. The molecule has 0 atom stereocenters. The average Bonchev–Trinajstić information content (AvgIpc) is 2.43. The van der Waals surface area contributed by atoms with Crippen LogP contribution in [0.25, 0.3) is 0 Å². The minimum atomic E-state index is -3.51. The second kappa shape index (κ2) is 6.86. The third-order valence-corrected chi connectivity index (χ3v) is 5.28. The summed E-state index contributed by atoms with van der Waals surface area (Å²) in [6.07, 6.45) is 0. The van der Waals surface area contributed by atoms with E-state index in [0.717, 1.165) is 13.1 Å². The molecule has 0 amide bonds. The quantitative estimate of drug-likeness (QED) is 0.750. The third-order valence-electron chi connectivity index (χ3n) is 3.10. The molecule has 112 valence electrons. The number of nitrogens with zero attached hydrogens (tertiary/aromatic N) is 1. The van der Waals surface area contributed by atoms with Crippen LogP contribution in [0, 0.1) is 0 Å². The number of rotatable bonds is 5. The Balaban J connectivity index is 1.91. The third kappa shape index (κ3) is 4.16. The summed E-state index contributed by atoms with van der Waals surface area (Å²) < 4.78 is 32.7. The molecule has 0 aromatic heterocycles. The van der Waals surface area contributed by atoms with Gasteiger partial charge >= 0.3 is 0 Å². The van der Waals surface area contributed by atoms with Gasteiger partial charge in [-0.1, -0.05) is 0 Å². The van der Waals surface area contributed by atoms with Crippen LogP contribution in [0.4, 0.5) is 5.69 Å². The predicted molar refractivity (Wildman–Crippen MR) is 81.0 cm³/mol. The molecule has 1 aliphatic rings. The number of morpholine rings is 1. The molecule has 0 bridgehead atoms.